The van der Waals surface area contributed by atoms with Gasteiger partial charge in [-0.1, -0.05) is 24.3 Å². The van der Waals surface area contributed by atoms with E-state index in [1.165, 1.54) is 6.07 Å². The molecule has 0 saturated carbocycles. The lowest BCUT2D eigenvalue weighted by Gasteiger charge is -2.47. The Labute approximate surface area is 169 Å². The van der Waals surface area contributed by atoms with Crippen LogP contribution < -0.4 is 0 Å². The number of carbonyl (C=O) groups is 2. The average Bonchev–Trinajstić information content (AvgIpc) is 2.76. The molecule has 7 heteroatoms. The van der Waals surface area contributed by atoms with Crippen LogP contribution in [0, 0.1) is 5.82 Å². The number of halogens is 1. The molecule has 6 nitrogen and oxygen atoms in total. The van der Waals surface area contributed by atoms with Crippen molar-refractivity contribution in [2.75, 3.05) is 32.8 Å². The third-order valence-electron chi connectivity index (χ3n) is 5.75. The summed E-state index contributed by atoms with van der Waals surface area (Å²) in [7, 11) is 0. The Bertz CT molecular complexity index is 882. The van der Waals surface area contributed by atoms with Crippen molar-refractivity contribution >= 4 is 11.8 Å². The number of carbonyl (C=O) groups excluding carboxylic acids is 2. The zero-order chi connectivity index (χ0) is 20.3. The van der Waals surface area contributed by atoms with Gasteiger partial charge in [0.25, 0.3) is 5.91 Å². The molecular formula is C22H24FN3O3. The zero-order valence-corrected chi connectivity index (χ0v) is 16.2. The Morgan fingerprint density at radius 2 is 1.79 bits per heavy atom. The first-order chi connectivity index (χ1) is 14.1. The quantitative estimate of drug-likeness (QED) is 0.797. The molecule has 4 rings (SSSR count). The van der Waals surface area contributed by atoms with Crippen LogP contribution >= 0.6 is 0 Å². The molecular weight excluding hydrogens is 373 g/mol. The molecule has 0 bridgehead atoms. The summed E-state index contributed by atoms with van der Waals surface area (Å²) in [6.45, 7) is 2.56. The highest BCUT2D eigenvalue weighted by Gasteiger charge is 2.42. The Morgan fingerprint density at radius 3 is 2.52 bits per heavy atom. The maximum absolute atomic E-state index is 13.9. The van der Waals surface area contributed by atoms with Gasteiger partial charge in [0.2, 0.25) is 5.91 Å². The maximum Gasteiger partial charge on any atom is 0.272 e. The molecule has 152 valence electrons. The summed E-state index contributed by atoms with van der Waals surface area (Å²) in [5, 5.41) is 0. The molecule has 1 spiro atoms. The highest BCUT2D eigenvalue weighted by atomic mass is 19.1. The van der Waals surface area contributed by atoms with Crippen molar-refractivity contribution in [3.8, 4) is 0 Å². The third kappa shape index (κ3) is 4.29. The molecule has 2 saturated heterocycles. The summed E-state index contributed by atoms with van der Waals surface area (Å²) < 4.78 is 20.0. The van der Waals surface area contributed by atoms with Gasteiger partial charge < -0.3 is 14.5 Å². The number of morpholine rings is 1. The van der Waals surface area contributed by atoms with E-state index in [1.54, 1.807) is 52.4 Å². The van der Waals surface area contributed by atoms with E-state index in [2.05, 4.69) is 4.98 Å². The molecule has 0 N–H and O–H groups in total. The lowest BCUT2D eigenvalue weighted by molar-refractivity contribution is -0.157. The summed E-state index contributed by atoms with van der Waals surface area (Å²) in [6, 6.07) is 11.7. The predicted octanol–water partition coefficient (Wildman–Crippen LogP) is 2.30. The first kappa shape index (κ1) is 19.5. The second-order valence-corrected chi connectivity index (χ2v) is 7.62. The van der Waals surface area contributed by atoms with Gasteiger partial charge >= 0.3 is 0 Å². The summed E-state index contributed by atoms with van der Waals surface area (Å²) in [4.78, 5) is 33.0. The standard InChI is InChI=1S/C22H24FN3O3/c23-18-6-2-1-5-17(18)15-20(27)26-13-14-29-22(16-26)8-11-25(12-9-22)21(28)19-7-3-4-10-24-19/h1-7,10H,8-9,11-16H2. The number of piperidine rings is 1. The van der Waals surface area contributed by atoms with E-state index in [0.717, 1.165) is 0 Å². The van der Waals surface area contributed by atoms with Gasteiger partial charge in [0, 0.05) is 32.4 Å². The van der Waals surface area contributed by atoms with Gasteiger partial charge in [-0.2, -0.15) is 0 Å². The van der Waals surface area contributed by atoms with Gasteiger partial charge in [-0.15, -0.1) is 0 Å². The first-order valence-electron chi connectivity index (χ1n) is 9.92. The fourth-order valence-electron chi connectivity index (χ4n) is 4.05. The Morgan fingerprint density at radius 1 is 1.03 bits per heavy atom. The molecule has 1 aromatic heterocycles. The molecule has 0 atom stereocenters. The molecule has 2 aliphatic rings. The number of aromatic nitrogens is 1. The third-order valence-corrected chi connectivity index (χ3v) is 5.75. The van der Waals surface area contributed by atoms with Crippen molar-refractivity contribution in [1.82, 2.24) is 14.8 Å². The largest absolute Gasteiger partial charge is 0.371 e. The van der Waals surface area contributed by atoms with E-state index in [4.69, 9.17) is 4.74 Å². The number of ether oxygens (including phenoxy) is 1. The summed E-state index contributed by atoms with van der Waals surface area (Å²) in [6.07, 6.45) is 2.99. The monoisotopic (exact) mass is 397 g/mol. The van der Waals surface area contributed by atoms with Crippen molar-refractivity contribution in [1.29, 1.82) is 0 Å². The fraction of sp³-hybridized carbons (Fsp3) is 0.409. The second kappa shape index (κ2) is 8.29. The minimum Gasteiger partial charge on any atom is -0.371 e. The number of hydrogen-bond acceptors (Lipinski definition) is 4. The van der Waals surface area contributed by atoms with Gasteiger partial charge in [0.05, 0.1) is 18.6 Å². The van der Waals surface area contributed by atoms with Gasteiger partial charge in [0.15, 0.2) is 0 Å². The number of hydrogen-bond donors (Lipinski definition) is 0. The van der Waals surface area contributed by atoms with Crippen LogP contribution in [0.15, 0.2) is 48.7 Å². The molecule has 0 aliphatic carbocycles. The van der Waals surface area contributed by atoms with Crippen molar-refractivity contribution < 1.29 is 18.7 Å². The summed E-state index contributed by atoms with van der Waals surface area (Å²) in [5.74, 6) is -0.529. The van der Waals surface area contributed by atoms with Gasteiger partial charge in [-0.05, 0) is 36.6 Å². The highest BCUT2D eigenvalue weighted by Crippen LogP contribution is 2.31. The number of rotatable bonds is 3. The molecule has 0 radical (unpaired) electrons. The van der Waals surface area contributed by atoms with Crippen LogP contribution in [0.3, 0.4) is 0 Å². The molecule has 0 unspecified atom stereocenters. The van der Waals surface area contributed by atoms with Gasteiger partial charge in [-0.3, -0.25) is 14.6 Å². The predicted molar refractivity (Wildman–Crippen MR) is 105 cm³/mol. The number of pyridine rings is 1. The van der Waals surface area contributed by atoms with Gasteiger partial charge in [0.1, 0.15) is 11.5 Å². The van der Waals surface area contributed by atoms with Crippen LogP contribution in [0.25, 0.3) is 0 Å². The second-order valence-electron chi connectivity index (χ2n) is 7.62. The van der Waals surface area contributed by atoms with E-state index in [0.29, 0.717) is 56.9 Å². The van der Waals surface area contributed by atoms with Gasteiger partial charge in [-0.25, -0.2) is 4.39 Å². The summed E-state index contributed by atoms with van der Waals surface area (Å²) in [5.41, 5.74) is 0.410. The maximum atomic E-state index is 13.9. The molecule has 29 heavy (non-hydrogen) atoms. The number of amides is 2. The number of likely N-dealkylation sites (tertiary alicyclic amines) is 1. The van der Waals surface area contributed by atoms with Crippen LogP contribution in [0.2, 0.25) is 0 Å². The smallest absolute Gasteiger partial charge is 0.272 e. The van der Waals surface area contributed by atoms with Crippen molar-refractivity contribution in [3.05, 3.63) is 65.7 Å². The Kier molecular flexibility index (Phi) is 5.58. The average molecular weight is 397 g/mol. The minimum atomic E-state index is -0.440. The molecule has 2 aromatic rings. The lowest BCUT2D eigenvalue weighted by Crippen LogP contribution is -2.58. The zero-order valence-electron chi connectivity index (χ0n) is 16.2. The van der Waals surface area contributed by atoms with Crippen molar-refractivity contribution in [3.63, 3.8) is 0 Å². The highest BCUT2D eigenvalue weighted by molar-refractivity contribution is 5.92. The van der Waals surface area contributed by atoms with E-state index >= 15 is 0 Å². The summed E-state index contributed by atoms with van der Waals surface area (Å²) >= 11 is 0. The van der Waals surface area contributed by atoms with Crippen LogP contribution in [0.5, 0.6) is 0 Å². The fourth-order valence-corrected chi connectivity index (χ4v) is 4.05. The van der Waals surface area contributed by atoms with Crippen molar-refractivity contribution in [2.45, 2.75) is 24.9 Å². The SMILES string of the molecule is O=C(Cc1ccccc1F)N1CCOC2(CCN(C(=O)c3ccccn3)CC2)C1. The number of benzene rings is 1. The van der Waals surface area contributed by atoms with Crippen LogP contribution in [-0.4, -0.2) is 65.0 Å². The molecule has 2 amide bonds. The van der Waals surface area contributed by atoms with Crippen LogP contribution in [-0.2, 0) is 16.0 Å². The van der Waals surface area contributed by atoms with E-state index in [1.807, 2.05) is 0 Å². The van der Waals surface area contributed by atoms with Crippen LogP contribution in [0.4, 0.5) is 4.39 Å². The molecule has 2 fully saturated rings. The van der Waals surface area contributed by atoms with E-state index < -0.39 is 5.60 Å². The Hall–Kier alpha value is -2.80. The Balaban J connectivity index is 1.37. The number of nitrogens with zero attached hydrogens (tertiary/aromatic N) is 3. The van der Waals surface area contributed by atoms with E-state index in [9.17, 15) is 14.0 Å². The van der Waals surface area contributed by atoms with E-state index in [-0.39, 0.29) is 24.1 Å². The molecule has 3 heterocycles. The topological polar surface area (TPSA) is 62.7 Å². The normalized spacial score (nSPS) is 18.7. The lowest BCUT2D eigenvalue weighted by atomic mass is 9.89. The molecule has 2 aliphatic heterocycles. The van der Waals surface area contributed by atoms with Crippen molar-refractivity contribution in [2.24, 2.45) is 0 Å². The minimum absolute atomic E-state index is 0.0487. The van der Waals surface area contributed by atoms with Crippen LogP contribution in [0.1, 0.15) is 28.9 Å². The first-order valence-corrected chi connectivity index (χ1v) is 9.92. The molecule has 1 aromatic carbocycles.